The Labute approximate surface area is 135 Å². The molecule has 0 saturated carbocycles. The van der Waals surface area contributed by atoms with E-state index in [0.717, 1.165) is 0 Å². The number of aliphatic carboxylic acids is 1. The number of nitro benzene ring substituents is 1. The van der Waals surface area contributed by atoms with Crippen molar-refractivity contribution in [3.05, 3.63) is 69.8 Å². The molecule has 2 N–H and O–H groups in total. The fraction of sp³-hybridized carbons (Fsp3) is 0.0625. The van der Waals surface area contributed by atoms with Crippen molar-refractivity contribution in [1.29, 1.82) is 0 Å². The predicted molar refractivity (Wildman–Crippen MR) is 85.2 cm³/mol. The van der Waals surface area contributed by atoms with Gasteiger partial charge in [-0.15, -0.1) is 0 Å². The first-order valence-corrected chi connectivity index (χ1v) is 6.93. The van der Waals surface area contributed by atoms with Crippen molar-refractivity contribution < 1.29 is 19.6 Å². The van der Waals surface area contributed by atoms with Gasteiger partial charge in [0.2, 0.25) is 6.04 Å². The van der Waals surface area contributed by atoms with Crippen LogP contribution in [0.1, 0.15) is 11.1 Å². The van der Waals surface area contributed by atoms with E-state index >= 15 is 0 Å². The van der Waals surface area contributed by atoms with E-state index in [1.54, 1.807) is 30.3 Å². The van der Waals surface area contributed by atoms with Gasteiger partial charge in [0, 0.05) is 23.3 Å². The van der Waals surface area contributed by atoms with Crippen LogP contribution < -0.4 is 5.32 Å². The predicted octanol–water partition coefficient (Wildman–Crippen LogP) is 1.84. The van der Waals surface area contributed by atoms with Crippen LogP contribution in [0.2, 0.25) is 0 Å². The van der Waals surface area contributed by atoms with Crippen LogP contribution in [0.4, 0.5) is 11.4 Å². The highest BCUT2D eigenvalue weighted by molar-refractivity contribution is 6.22. The molecule has 0 radical (unpaired) electrons. The molecule has 0 aliphatic carbocycles. The lowest BCUT2D eigenvalue weighted by molar-refractivity contribution is -0.384. The molecule has 2 aromatic carbocycles. The van der Waals surface area contributed by atoms with E-state index in [-0.39, 0.29) is 17.1 Å². The number of nitrogens with zero attached hydrogens (tertiary/aromatic N) is 2. The summed E-state index contributed by atoms with van der Waals surface area (Å²) < 4.78 is 0. The third kappa shape index (κ3) is 2.72. The zero-order chi connectivity index (χ0) is 17.3. The number of hydrogen-bond acceptors (Lipinski definition) is 5. The monoisotopic (exact) mass is 325 g/mol. The second-order valence-electron chi connectivity index (χ2n) is 5.06. The molecule has 2 aromatic rings. The maximum Gasteiger partial charge on any atom is 0.338 e. The maximum absolute atomic E-state index is 12.1. The third-order valence-corrected chi connectivity index (χ3v) is 3.51. The average molecular weight is 325 g/mol. The van der Waals surface area contributed by atoms with Gasteiger partial charge in [-0.05, 0) is 6.07 Å². The topological polar surface area (TPSA) is 122 Å². The van der Waals surface area contributed by atoms with Crippen LogP contribution >= 0.6 is 0 Å². The van der Waals surface area contributed by atoms with Crippen molar-refractivity contribution in [3.8, 4) is 0 Å². The molecular formula is C16H11N3O5. The number of benzodiazepines with no additional fused rings is 1. The summed E-state index contributed by atoms with van der Waals surface area (Å²) in [4.78, 5) is 37.9. The minimum absolute atomic E-state index is 0.180. The number of aliphatic imine (C=N–C) groups is 1. The van der Waals surface area contributed by atoms with Crippen LogP contribution in [-0.2, 0) is 9.59 Å². The fourth-order valence-corrected chi connectivity index (χ4v) is 2.40. The highest BCUT2D eigenvalue weighted by atomic mass is 16.6. The molecule has 3 rings (SSSR count). The molecule has 1 unspecified atom stereocenters. The minimum atomic E-state index is -1.63. The van der Waals surface area contributed by atoms with Gasteiger partial charge in [0.25, 0.3) is 11.6 Å². The molecule has 8 heteroatoms. The molecule has 0 saturated heterocycles. The average Bonchev–Trinajstić information content (AvgIpc) is 2.71. The lowest BCUT2D eigenvalue weighted by Gasteiger charge is -2.09. The Morgan fingerprint density at radius 2 is 1.92 bits per heavy atom. The molecule has 1 amide bonds. The zero-order valence-corrected chi connectivity index (χ0v) is 12.2. The van der Waals surface area contributed by atoms with Crippen LogP contribution in [0.5, 0.6) is 0 Å². The van der Waals surface area contributed by atoms with E-state index in [4.69, 9.17) is 0 Å². The molecule has 0 fully saturated rings. The highest BCUT2D eigenvalue weighted by Gasteiger charge is 2.31. The number of amides is 1. The lowest BCUT2D eigenvalue weighted by atomic mass is 10.00. The van der Waals surface area contributed by atoms with Gasteiger partial charge in [0.1, 0.15) is 0 Å². The van der Waals surface area contributed by atoms with E-state index in [0.29, 0.717) is 11.1 Å². The standard InChI is InChI=1S/C16H11N3O5/c20-15-14(16(21)22)18-13(9-4-2-1-3-5-9)11-8-10(19(23)24)6-7-12(11)17-15/h1-8,14H,(H,17,20)(H,21,22). The molecule has 24 heavy (non-hydrogen) atoms. The highest BCUT2D eigenvalue weighted by Crippen LogP contribution is 2.28. The first-order chi connectivity index (χ1) is 11.5. The van der Waals surface area contributed by atoms with Gasteiger partial charge in [-0.1, -0.05) is 30.3 Å². The van der Waals surface area contributed by atoms with Crippen molar-refractivity contribution >= 4 is 29.0 Å². The van der Waals surface area contributed by atoms with Crippen LogP contribution in [0.25, 0.3) is 0 Å². The summed E-state index contributed by atoms with van der Waals surface area (Å²) in [6, 6.07) is 10.9. The van der Waals surface area contributed by atoms with E-state index in [2.05, 4.69) is 10.3 Å². The van der Waals surface area contributed by atoms with Crippen molar-refractivity contribution in [3.63, 3.8) is 0 Å². The molecular weight excluding hydrogens is 314 g/mol. The summed E-state index contributed by atoms with van der Waals surface area (Å²) in [5, 5.41) is 22.7. The van der Waals surface area contributed by atoms with E-state index in [9.17, 15) is 24.8 Å². The van der Waals surface area contributed by atoms with Crippen LogP contribution in [-0.4, -0.2) is 33.7 Å². The van der Waals surface area contributed by atoms with Gasteiger partial charge in [0.05, 0.1) is 16.3 Å². The number of carbonyl (C=O) groups excluding carboxylic acids is 1. The summed E-state index contributed by atoms with van der Waals surface area (Å²) in [5.41, 5.74) is 1.16. The Bertz CT molecular complexity index is 877. The van der Waals surface area contributed by atoms with E-state index in [1.807, 2.05) is 0 Å². The second-order valence-corrected chi connectivity index (χ2v) is 5.06. The second kappa shape index (κ2) is 5.92. The SMILES string of the molecule is O=C(O)C1N=C(c2ccccc2)c2cc([N+](=O)[O-])ccc2NC1=O. The van der Waals surface area contributed by atoms with Crippen molar-refractivity contribution in [2.24, 2.45) is 4.99 Å². The van der Waals surface area contributed by atoms with Crippen LogP contribution in [0.15, 0.2) is 53.5 Å². The third-order valence-electron chi connectivity index (χ3n) is 3.51. The number of carboxylic acid groups (broad SMARTS) is 1. The minimum Gasteiger partial charge on any atom is -0.479 e. The smallest absolute Gasteiger partial charge is 0.338 e. The van der Waals surface area contributed by atoms with Gasteiger partial charge in [-0.2, -0.15) is 0 Å². The van der Waals surface area contributed by atoms with Gasteiger partial charge >= 0.3 is 5.97 Å². The number of hydrogen-bond donors (Lipinski definition) is 2. The summed E-state index contributed by atoms with van der Waals surface area (Å²) in [7, 11) is 0. The molecule has 1 aliphatic rings. The Hall–Kier alpha value is -3.55. The molecule has 1 aliphatic heterocycles. The fourth-order valence-electron chi connectivity index (χ4n) is 2.40. The van der Waals surface area contributed by atoms with Gasteiger partial charge in [0.15, 0.2) is 0 Å². The number of benzene rings is 2. The normalized spacial score (nSPS) is 16.4. The number of fused-ring (bicyclic) bond motifs is 1. The maximum atomic E-state index is 12.1. The van der Waals surface area contributed by atoms with Crippen LogP contribution in [0, 0.1) is 10.1 Å². The number of carboxylic acids is 1. The number of non-ortho nitro benzene ring substituents is 1. The lowest BCUT2D eigenvalue weighted by Crippen LogP contribution is -2.32. The Morgan fingerprint density at radius 3 is 2.54 bits per heavy atom. The quantitative estimate of drug-likeness (QED) is 0.506. The summed E-state index contributed by atoms with van der Waals surface area (Å²) in [5.74, 6) is -2.20. The van der Waals surface area contributed by atoms with Crippen molar-refractivity contribution in [1.82, 2.24) is 0 Å². The summed E-state index contributed by atoms with van der Waals surface area (Å²) in [6.07, 6.45) is 0. The largest absolute Gasteiger partial charge is 0.479 e. The van der Waals surface area contributed by atoms with E-state index < -0.39 is 22.8 Å². The summed E-state index contributed by atoms with van der Waals surface area (Å²) in [6.45, 7) is 0. The number of nitro groups is 1. The molecule has 8 nitrogen and oxygen atoms in total. The first kappa shape index (κ1) is 15.3. The zero-order valence-electron chi connectivity index (χ0n) is 12.2. The molecule has 0 bridgehead atoms. The van der Waals surface area contributed by atoms with Gasteiger partial charge in [-0.3, -0.25) is 19.9 Å². The molecule has 1 heterocycles. The molecule has 120 valence electrons. The Morgan fingerprint density at radius 1 is 1.21 bits per heavy atom. The van der Waals surface area contributed by atoms with Gasteiger partial charge in [-0.25, -0.2) is 4.79 Å². The molecule has 1 atom stereocenters. The van der Waals surface area contributed by atoms with Gasteiger partial charge < -0.3 is 10.4 Å². The van der Waals surface area contributed by atoms with Crippen LogP contribution in [0.3, 0.4) is 0 Å². The Kier molecular flexibility index (Phi) is 3.78. The summed E-state index contributed by atoms with van der Waals surface area (Å²) >= 11 is 0. The van der Waals surface area contributed by atoms with Crippen molar-refractivity contribution in [2.75, 3.05) is 5.32 Å². The molecule has 0 spiro atoms. The number of carbonyl (C=O) groups is 2. The number of nitrogens with one attached hydrogen (secondary N) is 1. The first-order valence-electron chi connectivity index (χ1n) is 6.93. The number of anilines is 1. The molecule has 0 aromatic heterocycles. The van der Waals surface area contributed by atoms with Crippen molar-refractivity contribution in [2.45, 2.75) is 6.04 Å². The number of rotatable bonds is 3. The van der Waals surface area contributed by atoms with E-state index in [1.165, 1.54) is 18.2 Å². The Balaban J connectivity index is 2.26.